The zero-order chi connectivity index (χ0) is 9.14. The number of rotatable bonds is 2. The molecule has 1 amide bonds. The van der Waals surface area contributed by atoms with Gasteiger partial charge in [0, 0.05) is 0 Å². The maximum absolute atomic E-state index is 12.5. The van der Waals surface area contributed by atoms with E-state index in [-0.39, 0.29) is 11.3 Å². The second-order valence-electron chi connectivity index (χ2n) is 2.19. The zero-order valence-electron chi connectivity index (χ0n) is 6.25. The molecular weight excluding hydrogens is 159 g/mol. The van der Waals surface area contributed by atoms with Gasteiger partial charge < -0.3 is 5.73 Å². The number of primary amides is 1. The Kier molecular flexibility index (Phi) is 2.19. The molecule has 1 aromatic rings. The number of nitrogens with zero attached hydrogens (tertiary/aromatic N) is 1. The van der Waals surface area contributed by atoms with Gasteiger partial charge in [-0.05, 0) is 12.1 Å². The molecule has 0 aromatic carbocycles. The summed E-state index contributed by atoms with van der Waals surface area (Å²) >= 11 is 0. The van der Waals surface area contributed by atoms with Crippen LogP contribution in [-0.2, 0) is 4.79 Å². The summed E-state index contributed by atoms with van der Waals surface area (Å²) in [4.78, 5) is 14.0. The van der Waals surface area contributed by atoms with E-state index in [9.17, 15) is 9.18 Å². The van der Waals surface area contributed by atoms with Crippen LogP contribution in [0.15, 0.2) is 24.8 Å². The van der Waals surface area contributed by atoms with Gasteiger partial charge in [0.2, 0.25) is 11.9 Å². The molecule has 62 valence electrons. The predicted molar refractivity (Wildman–Crippen MR) is 42.4 cm³/mol. The molecule has 0 spiro atoms. The van der Waals surface area contributed by atoms with Crippen LogP contribution in [0.4, 0.5) is 4.39 Å². The van der Waals surface area contributed by atoms with Crippen molar-refractivity contribution < 1.29 is 9.18 Å². The molecule has 1 aromatic heterocycles. The standard InChI is InChI=1S/C8H7FN2O/c1-5(8(10)12)6-3-2-4-7(9)11-6/h2-4H,1H2,(H2,10,12). The summed E-state index contributed by atoms with van der Waals surface area (Å²) in [5.41, 5.74) is 5.09. The average Bonchev–Trinajstić information content (AvgIpc) is 2.03. The number of nitrogens with two attached hydrogens (primary N) is 1. The highest BCUT2D eigenvalue weighted by Crippen LogP contribution is 2.08. The van der Waals surface area contributed by atoms with Crippen molar-refractivity contribution in [3.05, 3.63) is 36.4 Å². The van der Waals surface area contributed by atoms with E-state index in [2.05, 4.69) is 11.6 Å². The molecule has 0 aliphatic rings. The molecule has 4 heteroatoms. The fourth-order valence-corrected chi connectivity index (χ4v) is 0.703. The van der Waals surface area contributed by atoms with Gasteiger partial charge in [0.25, 0.3) is 0 Å². The molecule has 0 unspecified atom stereocenters. The number of carbonyl (C=O) groups excluding carboxylic acids is 1. The predicted octanol–water partition coefficient (Wildman–Crippen LogP) is 0.719. The molecule has 0 saturated carbocycles. The molecule has 12 heavy (non-hydrogen) atoms. The van der Waals surface area contributed by atoms with Gasteiger partial charge in [-0.1, -0.05) is 12.6 Å². The van der Waals surface area contributed by atoms with Crippen LogP contribution in [0.2, 0.25) is 0 Å². The molecule has 0 saturated heterocycles. The minimum atomic E-state index is -0.701. The minimum absolute atomic E-state index is 0.00880. The fraction of sp³-hybridized carbons (Fsp3) is 0. The van der Waals surface area contributed by atoms with Gasteiger partial charge in [-0.2, -0.15) is 4.39 Å². The lowest BCUT2D eigenvalue weighted by atomic mass is 10.2. The quantitative estimate of drug-likeness (QED) is 0.519. The van der Waals surface area contributed by atoms with Crippen molar-refractivity contribution in [3.8, 4) is 0 Å². The summed E-state index contributed by atoms with van der Waals surface area (Å²) in [6.07, 6.45) is 0. The van der Waals surface area contributed by atoms with Crippen molar-refractivity contribution in [1.29, 1.82) is 0 Å². The third-order valence-corrected chi connectivity index (χ3v) is 1.32. The monoisotopic (exact) mass is 166 g/mol. The largest absolute Gasteiger partial charge is 0.366 e. The topological polar surface area (TPSA) is 56.0 Å². The van der Waals surface area contributed by atoms with E-state index < -0.39 is 11.9 Å². The van der Waals surface area contributed by atoms with Gasteiger partial charge in [0.05, 0.1) is 11.3 Å². The Bertz CT molecular complexity index is 336. The lowest BCUT2D eigenvalue weighted by molar-refractivity contribution is -0.112. The van der Waals surface area contributed by atoms with Crippen molar-refractivity contribution >= 4 is 11.5 Å². The first-order valence-electron chi connectivity index (χ1n) is 3.23. The number of hydrogen-bond acceptors (Lipinski definition) is 2. The molecule has 0 fully saturated rings. The lowest BCUT2D eigenvalue weighted by Gasteiger charge is -1.98. The molecule has 0 bridgehead atoms. The average molecular weight is 166 g/mol. The Morgan fingerprint density at radius 1 is 1.58 bits per heavy atom. The zero-order valence-corrected chi connectivity index (χ0v) is 6.25. The molecule has 0 aliphatic heterocycles. The number of carbonyl (C=O) groups is 1. The molecule has 1 heterocycles. The van der Waals surface area contributed by atoms with E-state index in [4.69, 9.17) is 5.73 Å². The minimum Gasteiger partial charge on any atom is -0.366 e. The van der Waals surface area contributed by atoms with E-state index >= 15 is 0 Å². The molecule has 0 atom stereocenters. The summed E-state index contributed by atoms with van der Waals surface area (Å²) in [6.45, 7) is 3.36. The Morgan fingerprint density at radius 3 is 2.75 bits per heavy atom. The summed E-state index contributed by atoms with van der Waals surface area (Å²) < 4.78 is 12.5. The number of halogens is 1. The van der Waals surface area contributed by atoms with Crippen LogP contribution >= 0.6 is 0 Å². The smallest absolute Gasteiger partial charge is 0.250 e. The van der Waals surface area contributed by atoms with Gasteiger partial charge in [0.15, 0.2) is 0 Å². The Morgan fingerprint density at radius 2 is 2.25 bits per heavy atom. The molecular formula is C8H7FN2O. The first-order valence-corrected chi connectivity index (χ1v) is 3.23. The van der Waals surface area contributed by atoms with Crippen LogP contribution in [0.25, 0.3) is 5.57 Å². The van der Waals surface area contributed by atoms with Crippen LogP contribution in [0.1, 0.15) is 5.69 Å². The van der Waals surface area contributed by atoms with E-state index in [0.717, 1.165) is 0 Å². The van der Waals surface area contributed by atoms with E-state index in [1.165, 1.54) is 18.2 Å². The van der Waals surface area contributed by atoms with Crippen molar-refractivity contribution in [1.82, 2.24) is 4.98 Å². The summed E-state index contributed by atoms with van der Waals surface area (Å²) in [6, 6.07) is 4.08. The molecule has 0 radical (unpaired) electrons. The van der Waals surface area contributed by atoms with Crippen LogP contribution in [0.5, 0.6) is 0 Å². The number of hydrogen-bond donors (Lipinski definition) is 1. The van der Waals surface area contributed by atoms with Crippen molar-refractivity contribution in [2.75, 3.05) is 0 Å². The van der Waals surface area contributed by atoms with Crippen LogP contribution in [0.3, 0.4) is 0 Å². The number of aromatic nitrogens is 1. The van der Waals surface area contributed by atoms with E-state index in [1.807, 2.05) is 0 Å². The van der Waals surface area contributed by atoms with Gasteiger partial charge in [-0.3, -0.25) is 4.79 Å². The van der Waals surface area contributed by atoms with Crippen molar-refractivity contribution in [2.45, 2.75) is 0 Å². The SMILES string of the molecule is C=C(C(N)=O)c1cccc(F)n1. The summed E-state index contributed by atoms with van der Waals surface area (Å²) in [5, 5.41) is 0. The Balaban J connectivity index is 3.04. The molecule has 1 rings (SSSR count). The highest BCUT2D eigenvalue weighted by atomic mass is 19.1. The van der Waals surface area contributed by atoms with Gasteiger partial charge in [-0.15, -0.1) is 0 Å². The van der Waals surface area contributed by atoms with Gasteiger partial charge in [-0.25, -0.2) is 4.98 Å². The van der Waals surface area contributed by atoms with E-state index in [1.54, 1.807) is 0 Å². The van der Waals surface area contributed by atoms with Crippen LogP contribution in [-0.4, -0.2) is 10.9 Å². The highest BCUT2D eigenvalue weighted by molar-refractivity contribution is 6.17. The Hall–Kier alpha value is -1.71. The van der Waals surface area contributed by atoms with Crippen molar-refractivity contribution in [3.63, 3.8) is 0 Å². The maximum atomic E-state index is 12.5. The summed E-state index contributed by atoms with van der Waals surface area (Å²) in [7, 11) is 0. The highest BCUT2D eigenvalue weighted by Gasteiger charge is 2.06. The summed E-state index contributed by atoms with van der Waals surface area (Å²) in [5.74, 6) is -1.36. The van der Waals surface area contributed by atoms with Crippen LogP contribution < -0.4 is 5.73 Å². The lowest BCUT2D eigenvalue weighted by Crippen LogP contribution is -2.13. The number of amides is 1. The third-order valence-electron chi connectivity index (χ3n) is 1.32. The molecule has 0 aliphatic carbocycles. The molecule has 2 N–H and O–H groups in total. The fourth-order valence-electron chi connectivity index (χ4n) is 0.703. The second-order valence-corrected chi connectivity index (χ2v) is 2.19. The first-order chi connectivity index (χ1) is 5.61. The van der Waals surface area contributed by atoms with Crippen molar-refractivity contribution in [2.24, 2.45) is 5.73 Å². The first kappa shape index (κ1) is 8.39. The van der Waals surface area contributed by atoms with Gasteiger partial charge in [0.1, 0.15) is 0 Å². The third kappa shape index (κ3) is 1.66. The second kappa shape index (κ2) is 3.13. The normalized spacial score (nSPS) is 9.42. The van der Waals surface area contributed by atoms with E-state index in [0.29, 0.717) is 0 Å². The number of pyridine rings is 1. The van der Waals surface area contributed by atoms with Gasteiger partial charge >= 0.3 is 0 Å². The van der Waals surface area contributed by atoms with Crippen LogP contribution in [0, 0.1) is 5.95 Å². The maximum Gasteiger partial charge on any atom is 0.250 e. The molecule has 3 nitrogen and oxygen atoms in total. The Labute approximate surface area is 68.7 Å².